The van der Waals surface area contributed by atoms with Crippen LogP contribution in [0.5, 0.6) is 0 Å². The number of hydrogen-bond donors (Lipinski definition) is 1. The van der Waals surface area contributed by atoms with Gasteiger partial charge in [0.25, 0.3) is 5.91 Å². The van der Waals surface area contributed by atoms with Crippen LogP contribution >= 0.6 is 11.3 Å². The van der Waals surface area contributed by atoms with E-state index in [1.54, 1.807) is 0 Å². The quantitative estimate of drug-likeness (QED) is 0.528. The number of rotatable bonds is 5. The van der Waals surface area contributed by atoms with Crippen molar-refractivity contribution in [2.45, 2.75) is 20.4 Å². The number of benzene rings is 2. The van der Waals surface area contributed by atoms with Crippen LogP contribution in [0.3, 0.4) is 0 Å². The molecule has 0 fully saturated rings. The van der Waals surface area contributed by atoms with E-state index in [2.05, 4.69) is 27.5 Å². The molecule has 28 heavy (non-hydrogen) atoms. The molecule has 0 saturated heterocycles. The van der Waals surface area contributed by atoms with Crippen molar-refractivity contribution in [3.63, 3.8) is 0 Å². The fourth-order valence-electron chi connectivity index (χ4n) is 3.17. The lowest BCUT2D eigenvalue weighted by Gasteiger charge is -2.06. The summed E-state index contributed by atoms with van der Waals surface area (Å²) < 4.78 is 1.87. The molecule has 0 aliphatic heterocycles. The van der Waals surface area contributed by atoms with Crippen LogP contribution in [0.1, 0.15) is 27.3 Å². The molecule has 2 heterocycles. The van der Waals surface area contributed by atoms with Gasteiger partial charge in [0.15, 0.2) is 5.13 Å². The zero-order chi connectivity index (χ0) is 19.5. The van der Waals surface area contributed by atoms with E-state index in [1.165, 1.54) is 11.3 Å². The molecule has 2 aromatic carbocycles. The Kier molecular flexibility index (Phi) is 5.04. The zero-order valence-corrected chi connectivity index (χ0v) is 16.5. The van der Waals surface area contributed by atoms with Crippen molar-refractivity contribution in [2.24, 2.45) is 0 Å². The molecule has 0 atom stereocenters. The minimum Gasteiger partial charge on any atom is -0.298 e. The van der Waals surface area contributed by atoms with Crippen molar-refractivity contribution >= 4 is 22.4 Å². The highest BCUT2D eigenvalue weighted by molar-refractivity contribution is 7.14. The number of nitrogens with one attached hydrogen (secondary N) is 1. The van der Waals surface area contributed by atoms with Crippen molar-refractivity contribution < 1.29 is 4.79 Å². The Bertz CT molecular complexity index is 1100. The van der Waals surface area contributed by atoms with Gasteiger partial charge in [0.2, 0.25) is 0 Å². The molecule has 1 amide bonds. The number of thiazole rings is 1. The first-order valence-electron chi connectivity index (χ1n) is 9.02. The highest BCUT2D eigenvalue weighted by Gasteiger charge is 2.20. The lowest BCUT2D eigenvalue weighted by atomic mass is 10.2. The van der Waals surface area contributed by atoms with Gasteiger partial charge in [-0.2, -0.15) is 5.10 Å². The number of aryl methyl sites for hydroxylation is 1. The van der Waals surface area contributed by atoms with E-state index in [4.69, 9.17) is 0 Å². The summed E-state index contributed by atoms with van der Waals surface area (Å²) in [6.45, 7) is 4.42. The lowest BCUT2D eigenvalue weighted by molar-refractivity contribution is 0.102. The maximum absolute atomic E-state index is 12.9. The maximum atomic E-state index is 12.9. The Hall–Kier alpha value is -3.25. The molecule has 0 spiro atoms. The third-order valence-corrected chi connectivity index (χ3v) is 5.34. The molecule has 0 aliphatic rings. The lowest BCUT2D eigenvalue weighted by Crippen LogP contribution is -2.14. The zero-order valence-electron chi connectivity index (χ0n) is 15.7. The van der Waals surface area contributed by atoms with Gasteiger partial charge in [0.1, 0.15) is 0 Å². The largest absolute Gasteiger partial charge is 0.298 e. The van der Waals surface area contributed by atoms with Crippen LogP contribution in [0.4, 0.5) is 5.13 Å². The van der Waals surface area contributed by atoms with Crippen molar-refractivity contribution in [1.29, 1.82) is 0 Å². The van der Waals surface area contributed by atoms with Crippen molar-refractivity contribution in [1.82, 2.24) is 14.8 Å². The summed E-state index contributed by atoms with van der Waals surface area (Å²) in [6, 6.07) is 20.0. The average molecular weight is 388 g/mol. The van der Waals surface area contributed by atoms with Gasteiger partial charge in [-0.25, -0.2) is 4.98 Å². The third-order valence-electron chi connectivity index (χ3n) is 4.58. The van der Waals surface area contributed by atoms with Gasteiger partial charge in [-0.3, -0.25) is 14.8 Å². The van der Waals surface area contributed by atoms with Gasteiger partial charge < -0.3 is 0 Å². The fraction of sp³-hybridized carbons (Fsp3) is 0.136. The normalized spacial score (nSPS) is 10.8. The summed E-state index contributed by atoms with van der Waals surface area (Å²) >= 11 is 1.42. The van der Waals surface area contributed by atoms with Gasteiger partial charge in [0, 0.05) is 16.6 Å². The topological polar surface area (TPSA) is 59.8 Å². The fourth-order valence-corrected chi connectivity index (χ4v) is 3.88. The van der Waals surface area contributed by atoms with Gasteiger partial charge in [0.05, 0.1) is 23.5 Å². The van der Waals surface area contributed by atoms with Crippen LogP contribution in [0.2, 0.25) is 0 Å². The van der Waals surface area contributed by atoms with Gasteiger partial charge in [-0.15, -0.1) is 11.3 Å². The van der Waals surface area contributed by atoms with Crippen LogP contribution in [0.25, 0.3) is 11.3 Å². The minimum absolute atomic E-state index is 0.178. The number of amides is 1. The second-order valence-corrected chi connectivity index (χ2v) is 7.41. The number of anilines is 1. The van der Waals surface area contributed by atoms with Crippen LogP contribution in [0, 0.1) is 13.8 Å². The Morgan fingerprint density at radius 2 is 1.71 bits per heavy atom. The van der Waals surface area contributed by atoms with E-state index >= 15 is 0 Å². The van der Waals surface area contributed by atoms with Crippen molar-refractivity contribution in [2.75, 3.05) is 5.32 Å². The monoisotopic (exact) mass is 388 g/mol. The molecule has 1 N–H and O–H groups in total. The van der Waals surface area contributed by atoms with Gasteiger partial charge in [-0.1, -0.05) is 60.7 Å². The molecule has 140 valence electrons. The summed E-state index contributed by atoms with van der Waals surface area (Å²) in [6.07, 6.45) is 0. The molecule has 0 radical (unpaired) electrons. The summed E-state index contributed by atoms with van der Waals surface area (Å²) in [5, 5.41) is 10.0. The predicted molar refractivity (Wildman–Crippen MR) is 113 cm³/mol. The first kappa shape index (κ1) is 18.1. The highest BCUT2D eigenvalue weighted by atomic mass is 32.1. The number of nitrogens with zero attached hydrogens (tertiary/aromatic N) is 3. The van der Waals surface area contributed by atoms with Crippen molar-refractivity contribution in [3.8, 4) is 11.3 Å². The molecule has 4 aromatic rings. The first-order valence-corrected chi connectivity index (χ1v) is 9.90. The average Bonchev–Trinajstić information content (AvgIpc) is 3.28. The highest BCUT2D eigenvalue weighted by Crippen LogP contribution is 2.25. The molecule has 0 saturated carbocycles. The molecule has 0 unspecified atom stereocenters. The number of aromatic nitrogens is 3. The second kappa shape index (κ2) is 7.78. The first-order chi connectivity index (χ1) is 13.6. The Morgan fingerprint density at radius 3 is 2.43 bits per heavy atom. The predicted octanol–water partition coefficient (Wildman–Crippen LogP) is 4.92. The van der Waals surface area contributed by atoms with Crippen LogP contribution < -0.4 is 5.32 Å². The molecule has 0 aliphatic carbocycles. The van der Waals surface area contributed by atoms with Crippen LogP contribution in [-0.4, -0.2) is 20.7 Å². The van der Waals surface area contributed by atoms with Crippen LogP contribution in [0.15, 0.2) is 66.0 Å². The maximum Gasteiger partial charge on any atom is 0.261 e. The number of carbonyl (C=O) groups excluding carboxylic acids is 1. The molecular formula is C22H20N4OS. The standard InChI is InChI=1S/C22H20N4OS/c1-15-20(16(2)26(25-15)13-17-9-5-3-6-10-17)21(27)24-22-23-19(14-28-22)18-11-7-4-8-12-18/h3-12,14H,13H2,1-2H3,(H,23,24,27). The molecular weight excluding hydrogens is 368 g/mol. The van der Waals surface area contributed by atoms with E-state index in [0.29, 0.717) is 22.9 Å². The number of carbonyl (C=O) groups is 1. The van der Waals surface area contributed by atoms with Crippen LogP contribution in [-0.2, 0) is 6.54 Å². The molecule has 2 aromatic heterocycles. The molecule has 4 rings (SSSR count). The molecule has 5 nitrogen and oxygen atoms in total. The molecule has 0 bridgehead atoms. The summed E-state index contributed by atoms with van der Waals surface area (Å²) in [4.78, 5) is 17.4. The van der Waals surface area contributed by atoms with E-state index < -0.39 is 0 Å². The Balaban J connectivity index is 1.53. The summed E-state index contributed by atoms with van der Waals surface area (Å²) in [5.41, 5.74) is 5.20. The SMILES string of the molecule is Cc1nn(Cc2ccccc2)c(C)c1C(=O)Nc1nc(-c2ccccc2)cs1. The summed E-state index contributed by atoms with van der Waals surface area (Å²) in [7, 11) is 0. The Labute approximate surface area is 167 Å². The van der Waals surface area contributed by atoms with E-state index in [1.807, 2.05) is 72.4 Å². The molecule has 6 heteroatoms. The van der Waals surface area contributed by atoms with E-state index in [-0.39, 0.29) is 5.91 Å². The van der Waals surface area contributed by atoms with E-state index in [9.17, 15) is 4.79 Å². The smallest absolute Gasteiger partial charge is 0.261 e. The third kappa shape index (κ3) is 3.73. The van der Waals surface area contributed by atoms with E-state index in [0.717, 1.165) is 22.5 Å². The number of hydrogen-bond acceptors (Lipinski definition) is 4. The Morgan fingerprint density at radius 1 is 1.04 bits per heavy atom. The van der Waals surface area contributed by atoms with Gasteiger partial charge in [-0.05, 0) is 19.4 Å². The minimum atomic E-state index is -0.178. The summed E-state index contributed by atoms with van der Waals surface area (Å²) in [5.74, 6) is -0.178. The second-order valence-electron chi connectivity index (χ2n) is 6.55. The van der Waals surface area contributed by atoms with Gasteiger partial charge >= 0.3 is 0 Å². The van der Waals surface area contributed by atoms with Crippen molar-refractivity contribution in [3.05, 3.63) is 88.6 Å².